The zero-order valence-electron chi connectivity index (χ0n) is 10.0. The van der Waals surface area contributed by atoms with Crippen LogP contribution in [0.25, 0.3) is 0 Å². The Morgan fingerprint density at radius 1 is 1.47 bits per heavy atom. The molecule has 1 aliphatic carbocycles. The number of ether oxygens (including phenoxy) is 1. The standard InChI is InChI=1S/C13H12BrFN2O2/c14-11-5-10(3-4-12(11)15)19-13-17-9(7-18-13)6-16-8-1-2-8/h3-5,7-8,16H,1-2,6H2. The molecule has 0 bridgehead atoms. The summed E-state index contributed by atoms with van der Waals surface area (Å²) >= 11 is 3.10. The zero-order chi connectivity index (χ0) is 13.2. The smallest absolute Gasteiger partial charge is 0.399 e. The lowest BCUT2D eigenvalue weighted by Gasteiger charge is -2.01. The van der Waals surface area contributed by atoms with Crippen LogP contribution in [0.5, 0.6) is 11.8 Å². The Bertz CT molecular complexity index is 584. The van der Waals surface area contributed by atoms with Crippen molar-refractivity contribution < 1.29 is 13.5 Å². The van der Waals surface area contributed by atoms with Crippen molar-refractivity contribution in [2.24, 2.45) is 0 Å². The second kappa shape index (κ2) is 5.30. The van der Waals surface area contributed by atoms with Gasteiger partial charge in [0.05, 0.1) is 10.2 Å². The van der Waals surface area contributed by atoms with E-state index in [1.54, 1.807) is 6.26 Å². The monoisotopic (exact) mass is 326 g/mol. The molecule has 1 fully saturated rings. The molecule has 1 aromatic carbocycles. The van der Waals surface area contributed by atoms with Crippen molar-refractivity contribution in [3.05, 3.63) is 40.4 Å². The maximum Gasteiger partial charge on any atom is 0.399 e. The average molecular weight is 327 g/mol. The Hall–Kier alpha value is -1.40. The molecular formula is C13H12BrFN2O2. The van der Waals surface area contributed by atoms with Gasteiger partial charge in [0.15, 0.2) is 0 Å². The summed E-state index contributed by atoms with van der Waals surface area (Å²) in [6, 6.07) is 4.99. The summed E-state index contributed by atoms with van der Waals surface area (Å²) in [5.41, 5.74) is 0.795. The Kier molecular flexibility index (Phi) is 3.52. The third-order valence-electron chi connectivity index (χ3n) is 2.78. The van der Waals surface area contributed by atoms with E-state index in [9.17, 15) is 4.39 Å². The van der Waals surface area contributed by atoms with Gasteiger partial charge in [-0.2, -0.15) is 4.98 Å². The molecule has 100 valence electrons. The van der Waals surface area contributed by atoms with Gasteiger partial charge in [-0.05, 0) is 47.0 Å². The van der Waals surface area contributed by atoms with E-state index in [0.29, 0.717) is 22.8 Å². The highest BCUT2D eigenvalue weighted by Gasteiger charge is 2.20. The van der Waals surface area contributed by atoms with Crippen LogP contribution in [0.4, 0.5) is 4.39 Å². The van der Waals surface area contributed by atoms with Crippen LogP contribution in [0.3, 0.4) is 0 Å². The Balaban J connectivity index is 1.63. The molecule has 2 aromatic rings. The molecule has 0 amide bonds. The summed E-state index contributed by atoms with van der Waals surface area (Å²) in [4.78, 5) is 4.20. The first kappa shape index (κ1) is 12.6. The summed E-state index contributed by atoms with van der Waals surface area (Å²) in [5.74, 6) is 0.130. The number of oxazole rings is 1. The Labute approximate surface area is 118 Å². The molecule has 1 saturated carbocycles. The molecule has 1 heterocycles. The fourth-order valence-corrected chi connectivity index (χ4v) is 1.95. The Morgan fingerprint density at radius 2 is 2.32 bits per heavy atom. The molecule has 1 aliphatic rings. The minimum atomic E-state index is -0.339. The maximum atomic E-state index is 13.1. The molecule has 0 unspecified atom stereocenters. The number of rotatable bonds is 5. The number of hydrogen-bond donors (Lipinski definition) is 1. The fourth-order valence-electron chi connectivity index (χ4n) is 1.59. The zero-order valence-corrected chi connectivity index (χ0v) is 11.6. The van der Waals surface area contributed by atoms with Crippen LogP contribution in [0.15, 0.2) is 33.4 Å². The van der Waals surface area contributed by atoms with Gasteiger partial charge in [0, 0.05) is 12.6 Å². The van der Waals surface area contributed by atoms with Gasteiger partial charge >= 0.3 is 6.08 Å². The highest BCUT2D eigenvalue weighted by atomic mass is 79.9. The van der Waals surface area contributed by atoms with Gasteiger partial charge in [-0.25, -0.2) is 4.39 Å². The lowest BCUT2D eigenvalue weighted by molar-refractivity contribution is 0.330. The predicted molar refractivity (Wildman–Crippen MR) is 70.5 cm³/mol. The van der Waals surface area contributed by atoms with Crippen LogP contribution in [0, 0.1) is 5.82 Å². The van der Waals surface area contributed by atoms with E-state index in [4.69, 9.17) is 9.15 Å². The second-order valence-corrected chi connectivity index (χ2v) is 5.29. The molecule has 6 heteroatoms. The fraction of sp³-hybridized carbons (Fsp3) is 0.308. The highest BCUT2D eigenvalue weighted by molar-refractivity contribution is 9.10. The van der Waals surface area contributed by atoms with E-state index in [1.807, 2.05) is 0 Å². The van der Waals surface area contributed by atoms with Gasteiger partial charge in [0.1, 0.15) is 17.8 Å². The number of nitrogens with one attached hydrogen (secondary N) is 1. The van der Waals surface area contributed by atoms with Gasteiger partial charge < -0.3 is 14.5 Å². The minimum Gasteiger partial charge on any atom is -0.417 e. The number of nitrogens with zero attached hydrogens (tertiary/aromatic N) is 1. The van der Waals surface area contributed by atoms with E-state index in [2.05, 4.69) is 26.2 Å². The lowest BCUT2D eigenvalue weighted by atomic mass is 10.3. The first-order valence-electron chi connectivity index (χ1n) is 6.01. The van der Waals surface area contributed by atoms with Crippen molar-refractivity contribution in [2.45, 2.75) is 25.4 Å². The third kappa shape index (κ3) is 3.33. The van der Waals surface area contributed by atoms with E-state index in [-0.39, 0.29) is 11.9 Å². The van der Waals surface area contributed by atoms with Gasteiger partial charge in [-0.15, -0.1) is 0 Å². The molecule has 0 radical (unpaired) electrons. The summed E-state index contributed by atoms with van der Waals surface area (Å²) in [7, 11) is 0. The third-order valence-corrected chi connectivity index (χ3v) is 3.38. The first-order chi connectivity index (χ1) is 9.20. The second-order valence-electron chi connectivity index (χ2n) is 4.44. The van der Waals surface area contributed by atoms with Crippen LogP contribution < -0.4 is 10.1 Å². The summed E-state index contributed by atoms with van der Waals surface area (Å²) in [6.45, 7) is 0.671. The van der Waals surface area contributed by atoms with E-state index < -0.39 is 0 Å². The molecular weight excluding hydrogens is 315 g/mol. The molecule has 0 spiro atoms. The van der Waals surface area contributed by atoms with Crippen molar-refractivity contribution in [2.75, 3.05) is 0 Å². The number of benzene rings is 1. The first-order valence-corrected chi connectivity index (χ1v) is 6.81. The normalized spacial score (nSPS) is 14.6. The largest absolute Gasteiger partial charge is 0.417 e. The van der Waals surface area contributed by atoms with Crippen LogP contribution in [-0.4, -0.2) is 11.0 Å². The van der Waals surface area contributed by atoms with E-state index >= 15 is 0 Å². The van der Waals surface area contributed by atoms with Gasteiger partial charge in [0.25, 0.3) is 0 Å². The SMILES string of the molecule is Fc1ccc(Oc2nc(CNC3CC3)co2)cc1Br. The Morgan fingerprint density at radius 3 is 3.05 bits per heavy atom. The molecule has 19 heavy (non-hydrogen) atoms. The van der Waals surface area contributed by atoms with Crippen LogP contribution in [0.1, 0.15) is 18.5 Å². The van der Waals surface area contributed by atoms with Crippen molar-refractivity contribution in [3.8, 4) is 11.8 Å². The summed E-state index contributed by atoms with van der Waals surface area (Å²) < 4.78 is 24.0. The molecule has 1 N–H and O–H groups in total. The van der Waals surface area contributed by atoms with Gasteiger partial charge in [-0.1, -0.05) is 0 Å². The van der Waals surface area contributed by atoms with Crippen LogP contribution >= 0.6 is 15.9 Å². The van der Waals surface area contributed by atoms with Crippen molar-refractivity contribution in [3.63, 3.8) is 0 Å². The highest BCUT2D eigenvalue weighted by Crippen LogP contribution is 2.26. The molecule has 3 rings (SSSR count). The van der Waals surface area contributed by atoms with Crippen LogP contribution in [-0.2, 0) is 6.54 Å². The topological polar surface area (TPSA) is 47.3 Å². The molecule has 4 nitrogen and oxygen atoms in total. The quantitative estimate of drug-likeness (QED) is 0.911. The maximum absolute atomic E-state index is 13.1. The number of aromatic nitrogens is 1. The predicted octanol–water partition coefficient (Wildman–Crippen LogP) is 3.62. The molecule has 0 aliphatic heterocycles. The van der Waals surface area contributed by atoms with Gasteiger partial charge in [-0.3, -0.25) is 0 Å². The average Bonchev–Trinajstić information content (AvgIpc) is 3.12. The lowest BCUT2D eigenvalue weighted by Crippen LogP contribution is -2.15. The summed E-state index contributed by atoms with van der Waals surface area (Å²) in [6.07, 6.45) is 4.17. The molecule has 0 saturated heterocycles. The van der Waals surface area contributed by atoms with E-state index in [0.717, 1.165) is 5.69 Å². The van der Waals surface area contributed by atoms with Crippen LogP contribution in [0.2, 0.25) is 0 Å². The minimum absolute atomic E-state index is 0.158. The van der Waals surface area contributed by atoms with E-state index in [1.165, 1.54) is 31.0 Å². The van der Waals surface area contributed by atoms with Gasteiger partial charge in [0.2, 0.25) is 0 Å². The molecule has 1 aromatic heterocycles. The summed E-state index contributed by atoms with van der Waals surface area (Å²) in [5, 5.41) is 3.33. The van der Waals surface area contributed by atoms with Crippen molar-refractivity contribution in [1.82, 2.24) is 10.3 Å². The number of halogens is 2. The van der Waals surface area contributed by atoms with Crippen molar-refractivity contribution in [1.29, 1.82) is 0 Å². The number of hydrogen-bond acceptors (Lipinski definition) is 4. The van der Waals surface area contributed by atoms with Crippen molar-refractivity contribution >= 4 is 15.9 Å². The molecule has 0 atom stereocenters.